The fourth-order valence-electron chi connectivity index (χ4n) is 3.91. The molecule has 0 radical (unpaired) electrons. The maximum Gasteiger partial charge on any atom is 0.225 e. The SMILES string of the molecule is COc1cccc(-c2cnc(N(C)C)nc2[C@H]2CCN(Cc3ccnn3C)C2)c1. The first-order chi connectivity index (χ1) is 14.0. The second kappa shape index (κ2) is 8.21. The molecule has 7 nitrogen and oxygen atoms in total. The molecule has 152 valence electrons. The summed E-state index contributed by atoms with van der Waals surface area (Å²) in [6.45, 7) is 2.94. The van der Waals surface area contributed by atoms with Gasteiger partial charge in [-0.2, -0.15) is 5.10 Å². The number of likely N-dealkylation sites (tertiary alicyclic amines) is 1. The number of ether oxygens (including phenoxy) is 1. The third-order valence-corrected chi connectivity index (χ3v) is 5.55. The zero-order valence-electron chi connectivity index (χ0n) is 17.5. The van der Waals surface area contributed by atoms with E-state index in [0.29, 0.717) is 5.92 Å². The van der Waals surface area contributed by atoms with Crippen molar-refractivity contribution in [3.05, 3.63) is 54.1 Å². The van der Waals surface area contributed by atoms with Gasteiger partial charge in [-0.3, -0.25) is 9.58 Å². The lowest BCUT2D eigenvalue weighted by molar-refractivity contribution is 0.316. The second-order valence-electron chi connectivity index (χ2n) is 7.76. The van der Waals surface area contributed by atoms with Crippen LogP contribution < -0.4 is 9.64 Å². The number of anilines is 1. The van der Waals surface area contributed by atoms with E-state index in [-0.39, 0.29) is 0 Å². The lowest BCUT2D eigenvalue weighted by Crippen LogP contribution is -2.22. The molecule has 1 aliphatic rings. The number of hydrogen-bond acceptors (Lipinski definition) is 6. The van der Waals surface area contributed by atoms with Gasteiger partial charge >= 0.3 is 0 Å². The lowest BCUT2D eigenvalue weighted by Gasteiger charge is -2.19. The molecule has 4 rings (SSSR count). The molecule has 0 amide bonds. The highest BCUT2D eigenvalue weighted by molar-refractivity contribution is 5.68. The van der Waals surface area contributed by atoms with Gasteiger partial charge in [0.1, 0.15) is 5.75 Å². The van der Waals surface area contributed by atoms with Crippen LogP contribution in [0.4, 0.5) is 5.95 Å². The highest BCUT2D eigenvalue weighted by Gasteiger charge is 2.28. The fraction of sp³-hybridized carbons (Fsp3) is 0.409. The van der Waals surface area contributed by atoms with Crippen LogP contribution >= 0.6 is 0 Å². The van der Waals surface area contributed by atoms with Gasteiger partial charge in [0, 0.05) is 58.1 Å². The molecule has 0 unspecified atom stereocenters. The average molecular weight is 393 g/mol. The van der Waals surface area contributed by atoms with Crippen molar-refractivity contribution in [3.63, 3.8) is 0 Å². The molecule has 1 fully saturated rings. The van der Waals surface area contributed by atoms with E-state index in [1.807, 2.05) is 55.3 Å². The van der Waals surface area contributed by atoms with Gasteiger partial charge in [0.2, 0.25) is 5.95 Å². The summed E-state index contributed by atoms with van der Waals surface area (Å²) >= 11 is 0. The summed E-state index contributed by atoms with van der Waals surface area (Å²) in [6, 6.07) is 10.2. The Balaban J connectivity index is 1.64. The fourth-order valence-corrected chi connectivity index (χ4v) is 3.91. The van der Waals surface area contributed by atoms with E-state index in [1.165, 1.54) is 5.69 Å². The molecular weight excluding hydrogens is 364 g/mol. The molecule has 0 spiro atoms. The van der Waals surface area contributed by atoms with Crippen LogP contribution in [-0.2, 0) is 13.6 Å². The molecule has 29 heavy (non-hydrogen) atoms. The summed E-state index contributed by atoms with van der Waals surface area (Å²) in [5.74, 6) is 1.96. The molecular formula is C22H28N6O. The van der Waals surface area contributed by atoms with E-state index >= 15 is 0 Å². The minimum absolute atomic E-state index is 0.367. The molecule has 3 heterocycles. The third-order valence-electron chi connectivity index (χ3n) is 5.55. The Hall–Kier alpha value is -2.93. The lowest BCUT2D eigenvalue weighted by atomic mass is 9.96. The minimum Gasteiger partial charge on any atom is -0.497 e. The number of methoxy groups -OCH3 is 1. The molecule has 0 bridgehead atoms. The van der Waals surface area contributed by atoms with E-state index in [9.17, 15) is 0 Å². The number of aryl methyl sites for hydroxylation is 1. The number of aromatic nitrogens is 4. The van der Waals surface area contributed by atoms with E-state index in [2.05, 4.69) is 33.2 Å². The Morgan fingerprint density at radius 2 is 2.10 bits per heavy atom. The maximum absolute atomic E-state index is 5.43. The van der Waals surface area contributed by atoms with Gasteiger partial charge in [-0.25, -0.2) is 9.97 Å². The third kappa shape index (κ3) is 4.10. The van der Waals surface area contributed by atoms with Gasteiger partial charge in [0.05, 0.1) is 18.5 Å². The monoisotopic (exact) mass is 392 g/mol. The molecule has 0 N–H and O–H groups in total. The molecule has 0 saturated carbocycles. The van der Waals surface area contributed by atoms with Crippen LogP contribution in [-0.4, -0.2) is 58.9 Å². The molecule has 2 aromatic heterocycles. The van der Waals surface area contributed by atoms with E-state index in [4.69, 9.17) is 9.72 Å². The van der Waals surface area contributed by atoms with E-state index < -0.39 is 0 Å². The Morgan fingerprint density at radius 1 is 1.24 bits per heavy atom. The van der Waals surface area contributed by atoms with Crippen LogP contribution in [0.1, 0.15) is 23.7 Å². The number of nitrogens with zero attached hydrogens (tertiary/aromatic N) is 6. The van der Waals surface area contributed by atoms with Crippen molar-refractivity contribution in [1.82, 2.24) is 24.6 Å². The Bertz CT molecular complexity index is 983. The topological polar surface area (TPSA) is 59.3 Å². The first-order valence-corrected chi connectivity index (χ1v) is 9.93. The molecule has 1 aliphatic heterocycles. The van der Waals surface area contributed by atoms with Crippen molar-refractivity contribution in [1.29, 1.82) is 0 Å². The normalized spacial score (nSPS) is 16.9. The Kier molecular flexibility index (Phi) is 5.49. The predicted molar refractivity (Wildman–Crippen MR) is 114 cm³/mol. The molecule has 1 atom stereocenters. The summed E-state index contributed by atoms with van der Waals surface area (Å²) in [5, 5.41) is 4.29. The summed E-state index contributed by atoms with van der Waals surface area (Å²) < 4.78 is 7.37. The largest absolute Gasteiger partial charge is 0.497 e. The van der Waals surface area contributed by atoms with E-state index in [0.717, 1.165) is 54.6 Å². The standard InChI is InChI=1S/C22H28N6O/c1-26(2)22-23-13-20(16-6-5-7-19(12-16)29-4)21(25-22)17-9-11-28(14-17)15-18-8-10-24-27(18)3/h5-8,10,12-13,17H,9,11,14-15H2,1-4H3/t17-/m0/s1. The quantitative estimate of drug-likeness (QED) is 0.643. The van der Waals surface area contributed by atoms with Crippen LogP contribution in [0.3, 0.4) is 0 Å². The van der Waals surface area contributed by atoms with Gasteiger partial charge in [0.15, 0.2) is 0 Å². The highest BCUT2D eigenvalue weighted by atomic mass is 16.5. The van der Waals surface area contributed by atoms with Gasteiger partial charge in [-0.1, -0.05) is 12.1 Å². The average Bonchev–Trinajstić information content (AvgIpc) is 3.37. The van der Waals surface area contributed by atoms with Crippen molar-refractivity contribution in [2.45, 2.75) is 18.9 Å². The predicted octanol–water partition coefficient (Wildman–Crippen LogP) is 2.94. The van der Waals surface area contributed by atoms with Crippen LogP contribution in [0.2, 0.25) is 0 Å². The van der Waals surface area contributed by atoms with Crippen molar-refractivity contribution >= 4 is 5.95 Å². The highest BCUT2D eigenvalue weighted by Crippen LogP contribution is 2.35. The van der Waals surface area contributed by atoms with Crippen LogP contribution in [0.5, 0.6) is 5.75 Å². The van der Waals surface area contributed by atoms with Gasteiger partial charge in [-0.15, -0.1) is 0 Å². The van der Waals surface area contributed by atoms with Crippen LogP contribution in [0.15, 0.2) is 42.7 Å². The van der Waals surface area contributed by atoms with Gasteiger partial charge < -0.3 is 9.64 Å². The maximum atomic E-state index is 5.43. The molecule has 1 aromatic carbocycles. The molecule has 3 aromatic rings. The first-order valence-electron chi connectivity index (χ1n) is 9.93. The Morgan fingerprint density at radius 3 is 2.83 bits per heavy atom. The minimum atomic E-state index is 0.367. The van der Waals surface area contributed by atoms with Crippen LogP contribution in [0.25, 0.3) is 11.1 Å². The van der Waals surface area contributed by atoms with Crippen molar-refractivity contribution in [3.8, 4) is 16.9 Å². The Labute approximate surface area is 172 Å². The van der Waals surface area contributed by atoms with Gasteiger partial charge in [-0.05, 0) is 36.7 Å². The molecule has 0 aliphatic carbocycles. The van der Waals surface area contributed by atoms with Crippen LogP contribution in [0, 0.1) is 0 Å². The zero-order chi connectivity index (χ0) is 20.4. The first kappa shape index (κ1) is 19.4. The summed E-state index contributed by atoms with van der Waals surface area (Å²) in [6.07, 6.45) is 4.90. The number of hydrogen-bond donors (Lipinski definition) is 0. The smallest absolute Gasteiger partial charge is 0.225 e. The molecule has 1 saturated heterocycles. The van der Waals surface area contributed by atoms with Crippen molar-refractivity contribution < 1.29 is 4.74 Å². The molecule has 7 heteroatoms. The van der Waals surface area contributed by atoms with E-state index in [1.54, 1.807) is 7.11 Å². The number of benzene rings is 1. The summed E-state index contributed by atoms with van der Waals surface area (Å²) in [4.78, 5) is 14.0. The summed E-state index contributed by atoms with van der Waals surface area (Å²) in [7, 11) is 7.65. The number of rotatable bonds is 6. The summed E-state index contributed by atoms with van der Waals surface area (Å²) in [5.41, 5.74) is 4.52. The van der Waals surface area contributed by atoms with Crippen molar-refractivity contribution in [2.75, 3.05) is 39.2 Å². The zero-order valence-corrected chi connectivity index (χ0v) is 17.5. The van der Waals surface area contributed by atoms with Gasteiger partial charge in [0.25, 0.3) is 0 Å². The van der Waals surface area contributed by atoms with Crippen molar-refractivity contribution in [2.24, 2.45) is 7.05 Å². The second-order valence-corrected chi connectivity index (χ2v) is 7.76.